The summed E-state index contributed by atoms with van der Waals surface area (Å²) in [5.74, 6) is -1.19. The van der Waals surface area contributed by atoms with Crippen LogP contribution in [0.15, 0.2) is 48.9 Å². The number of primary amides is 1. The molecule has 34 heavy (non-hydrogen) atoms. The Morgan fingerprint density at radius 3 is 2.50 bits per heavy atom. The zero-order valence-corrected chi connectivity index (χ0v) is 18.8. The third-order valence-corrected chi connectivity index (χ3v) is 5.44. The van der Waals surface area contributed by atoms with Crippen molar-refractivity contribution >= 4 is 29.1 Å². The topological polar surface area (TPSA) is 149 Å². The van der Waals surface area contributed by atoms with Gasteiger partial charge in [0.25, 0.3) is 5.91 Å². The van der Waals surface area contributed by atoms with Crippen molar-refractivity contribution in [3.8, 4) is 5.69 Å². The van der Waals surface area contributed by atoms with Crippen molar-refractivity contribution < 1.29 is 14.4 Å². The molecule has 0 radical (unpaired) electrons. The Kier molecular flexibility index (Phi) is 6.35. The van der Waals surface area contributed by atoms with Crippen LogP contribution in [0.3, 0.4) is 0 Å². The average molecular weight is 460 g/mol. The lowest BCUT2D eigenvalue weighted by atomic mass is 10.1. The van der Waals surface area contributed by atoms with E-state index in [0.717, 1.165) is 16.9 Å². The van der Waals surface area contributed by atoms with E-state index in [-0.39, 0.29) is 30.3 Å². The summed E-state index contributed by atoms with van der Waals surface area (Å²) in [5.41, 5.74) is 9.82. The van der Waals surface area contributed by atoms with Crippen LogP contribution in [-0.2, 0) is 16.0 Å². The monoisotopic (exact) mass is 460 g/mol. The molecular formula is C23H24N8O3. The first-order chi connectivity index (χ1) is 16.3. The molecule has 0 saturated heterocycles. The van der Waals surface area contributed by atoms with Gasteiger partial charge in [0.15, 0.2) is 5.65 Å². The van der Waals surface area contributed by atoms with Gasteiger partial charge in [0.1, 0.15) is 5.56 Å². The first-order valence-electron chi connectivity index (χ1n) is 10.6. The van der Waals surface area contributed by atoms with Crippen molar-refractivity contribution in [2.45, 2.75) is 26.7 Å². The number of fused-ring (bicyclic) bond motifs is 1. The van der Waals surface area contributed by atoms with Crippen molar-refractivity contribution in [2.24, 2.45) is 5.73 Å². The third-order valence-electron chi connectivity index (χ3n) is 5.44. The fourth-order valence-electron chi connectivity index (χ4n) is 3.68. The number of nitrogens with one attached hydrogen (secondary N) is 2. The number of hydrogen-bond donors (Lipinski definition) is 3. The molecule has 3 aromatic heterocycles. The molecule has 3 heterocycles. The van der Waals surface area contributed by atoms with Crippen molar-refractivity contribution in [1.82, 2.24) is 29.7 Å². The lowest BCUT2D eigenvalue weighted by Gasteiger charge is -2.12. The first-order valence-corrected chi connectivity index (χ1v) is 10.6. The van der Waals surface area contributed by atoms with Crippen LogP contribution in [0.2, 0.25) is 0 Å². The molecule has 0 atom stereocenters. The molecule has 0 unspecified atom stereocenters. The minimum atomic E-state index is -0.597. The summed E-state index contributed by atoms with van der Waals surface area (Å²) in [7, 11) is 0. The molecule has 0 spiro atoms. The molecule has 11 nitrogen and oxygen atoms in total. The van der Waals surface area contributed by atoms with Crippen molar-refractivity contribution in [1.29, 1.82) is 0 Å². The van der Waals surface area contributed by atoms with Gasteiger partial charge in [-0.1, -0.05) is 0 Å². The Morgan fingerprint density at radius 2 is 1.82 bits per heavy atom. The lowest BCUT2D eigenvalue weighted by molar-refractivity contribution is -0.124. The Labute approximate surface area is 195 Å². The van der Waals surface area contributed by atoms with Gasteiger partial charge < -0.3 is 16.4 Å². The molecule has 0 fully saturated rings. The number of aryl methyl sites for hydroxylation is 2. The Bertz CT molecular complexity index is 1360. The Balaban J connectivity index is 1.30. The van der Waals surface area contributed by atoms with Crippen molar-refractivity contribution in [3.63, 3.8) is 0 Å². The SMILES string of the molecule is Cc1nc2c(C(N)=O)cnn2c(C)c1CCC(=O)NCC(=O)Nc1ccc(-n2cccn2)cc1. The van der Waals surface area contributed by atoms with Gasteiger partial charge in [0.2, 0.25) is 11.8 Å². The molecule has 4 rings (SSSR count). The van der Waals surface area contributed by atoms with E-state index in [1.54, 1.807) is 27.5 Å². The van der Waals surface area contributed by atoms with Gasteiger partial charge in [-0.05, 0) is 56.2 Å². The second-order valence-corrected chi connectivity index (χ2v) is 7.74. The summed E-state index contributed by atoms with van der Waals surface area (Å²) in [6, 6.07) is 9.03. The number of hydrogen-bond acceptors (Lipinski definition) is 6. The van der Waals surface area contributed by atoms with E-state index < -0.39 is 5.91 Å². The second-order valence-electron chi connectivity index (χ2n) is 7.74. The predicted octanol–water partition coefficient (Wildman–Crippen LogP) is 1.32. The zero-order valence-electron chi connectivity index (χ0n) is 18.8. The fraction of sp³-hybridized carbons (Fsp3) is 0.217. The summed E-state index contributed by atoms with van der Waals surface area (Å²) in [5, 5.41) is 13.7. The highest BCUT2D eigenvalue weighted by Gasteiger charge is 2.17. The van der Waals surface area contributed by atoms with E-state index in [0.29, 0.717) is 23.4 Å². The summed E-state index contributed by atoms with van der Waals surface area (Å²) in [6.45, 7) is 3.51. The molecule has 1 aromatic carbocycles. The number of nitrogens with zero attached hydrogens (tertiary/aromatic N) is 5. The largest absolute Gasteiger partial charge is 0.365 e. The molecular weight excluding hydrogens is 436 g/mol. The van der Waals surface area contributed by atoms with Crippen LogP contribution >= 0.6 is 0 Å². The van der Waals surface area contributed by atoms with Crippen molar-refractivity contribution in [2.75, 3.05) is 11.9 Å². The number of nitrogens with two attached hydrogens (primary N) is 1. The molecule has 4 aromatic rings. The molecule has 11 heteroatoms. The quantitative estimate of drug-likeness (QED) is 0.361. The highest BCUT2D eigenvalue weighted by atomic mass is 16.2. The van der Waals surface area contributed by atoms with Crippen LogP contribution in [0, 0.1) is 13.8 Å². The van der Waals surface area contributed by atoms with Crippen LogP contribution in [0.1, 0.15) is 33.7 Å². The zero-order chi connectivity index (χ0) is 24.2. The highest BCUT2D eigenvalue weighted by Crippen LogP contribution is 2.18. The fourth-order valence-corrected chi connectivity index (χ4v) is 3.68. The van der Waals surface area contributed by atoms with Gasteiger partial charge in [-0.3, -0.25) is 14.4 Å². The summed E-state index contributed by atoms with van der Waals surface area (Å²) in [4.78, 5) is 40.5. The molecule has 0 bridgehead atoms. The van der Waals surface area contributed by atoms with Crippen LogP contribution in [0.4, 0.5) is 5.69 Å². The van der Waals surface area contributed by atoms with Crippen LogP contribution < -0.4 is 16.4 Å². The second kappa shape index (κ2) is 9.53. The van der Waals surface area contributed by atoms with Gasteiger partial charge in [0, 0.05) is 35.9 Å². The van der Waals surface area contributed by atoms with Crippen LogP contribution in [-0.4, -0.2) is 48.6 Å². The standard InChI is InChI=1S/C23H24N8O3/c1-14-18(15(2)31-23(28-14)19(12-27-31)22(24)34)8-9-20(32)25-13-21(33)29-16-4-6-17(7-5-16)30-11-3-10-26-30/h3-7,10-12H,8-9,13H2,1-2H3,(H2,24,34)(H,25,32)(H,29,33). The molecule has 174 valence electrons. The summed E-state index contributed by atoms with van der Waals surface area (Å²) >= 11 is 0. The minimum absolute atomic E-state index is 0.143. The number of carbonyl (C=O) groups excluding carboxylic acids is 3. The van der Waals surface area contributed by atoms with E-state index >= 15 is 0 Å². The van der Waals surface area contributed by atoms with Gasteiger partial charge in [-0.15, -0.1) is 0 Å². The number of carbonyl (C=O) groups is 3. The van der Waals surface area contributed by atoms with E-state index in [2.05, 4.69) is 25.8 Å². The Hall–Kier alpha value is -4.54. The Morgan fingerprint density at radius 1 is 1.06 bits per heavy atom. The maximum absolute atomic E-state index is 12.3. The van der Waals surface area contributed by atoms with Crippen LogP contribution in [0.5, 0.6) is 0 Å². The van der Waals surface area contributed by atoms with Gasteiger partial charge in [0.05, 0.1) is 18.4 Å². The number of amides is 3. The lowest BCUT2D eigenvalue weighted by Crippen LogP contribution is -2.33. The molecule has 3 amide bonds. The number of aromatic nitrogens is 5. The number of anilines is 1. The van der Waals surface area contributed by atoms with E-state index in [4.69, 9.17) is 5.73 Å². The number of benzene rings is 1. The van der Waals surface area contributed by atoms with Crippen LogP contribution in [0.25, 0.3) is 11.3 Å². The maximum Gasteiger partial charge on any atom is 0.254 e. The molecule has 0 aliphatic rings. The van der Waals surface area contributed by atoms with E-state index in [1.807, 2.05) is 38.2 Å². The smallest absolute Gasteiger partial charge is 0.254 e. The first kappa shape index (κ1) is 22.6. The average Bonchev–Trinajstić information content (AvgIpc) is 3.48. The molecule has 0 aliphatic heterocycles. The van der Waals surface area contributed by atoms with Crippen molar-refractivity contribution in [3.05, 3.63) is 71.4 Å². The predicted molar refractivity (Wildman–Crippen MR) is 125 cm³/mol. The van der Waals surface area contributed by atoms with Gasteiger partial charge in [-0.25, -0.2) is 14.2 Å². The third kappa shape index (κ3) is 4.77. The normalized spacial score (nSPS) is 10.9. The molecule has 0 saturated carbocycles. The number of rotatable bonds is 8. The highest BCUT2D eigenvalue weighted by molar-refractivity contribution is 5.98. The van der Waals surface area contributed by atoms with E-state index in [9.17, 15) is 14.4 Å². The minimum Gasteiger partial charge on any atom is -0.365 e. The van der Waals surface area contributed by atoms with E-state index in [1.165, 1.54) is 6.20 Å². The summed E-state index contributed by atoms with van der Waals surface area (Å²) < 4.78 is 3.26. The van der Waals surface area contributed by atoms with Gasteiger partial charge >= 0.3 is 0 Å². The van der Waals surface area contributed by atoms with Gasteiger partial charge in [-0.2, -0.15) is 10.2 Å². The molecule has 0 aliphatic carbocycles. The molecule has 4 N–H and O–H groups in total. The maximum atomic E-state index is 12.3. The summed E-state index contributed by atoms with van der Waals surface area (Å²) in [6.07, 6.45) is 5.48.